The molecule has 0 aliphatic carbocycles. The van der Waals surface area contributed by atoms with E-state index < -0.39 is 0 Å². The minimum atomic E-state index is -0.229. The Morgan fingerprint density at radius 2 is 2.00 bits per heavy atom. The molecule has 0 aromatic carbocycles. The molecule has 1 aromatic rings. The fourth-order valence-electron chi connectivity index (χ4n) is 1.44. The van der Waals surface area contributed by atoms with Crippen LogP contribution in [0.1, 0.15) is 43.8 Å². The Labute approximate surface area is 89.7 Å². The lowest BCUT2D eigenvalue weighted by atomic mass is 9.92. The fraction of sp³-hybridized carbons (Fsp3) is 0.583. The SMILES string of the molecule is Cc1c(C(C)C(C)C)oc(CO)cc1=O. The summed E-state index contributed by atoms with van der Waals surface area (Å²) in [4.78, 5) is 11.6. The summed E-state index contributed by atoms with van der Waals surface area (Å²) in [6.45, 7) is 7.72. The molecule has 0 aliphatic heterocycles. The summed E-state index contributed by atoms with van der Waals surface area (Å²) in [5.74, 6) is 1.62. The summed E-state index contributed by atoms with van der Waals surface area (Å²) < 4.78 is 5.51. The third-order valence-corrected chi connectivity index (χ3v) is 2.84. The van der Waals surface area contributed by atoms with Crippen LogP contribution < -0.4 is 5.43 Å². The zero-order valence-corrected chi connectivity index (χ0v) is 9.70. The van der Waals surface area contributed by atoms with Crippen molar-refractivity contribution in [2.45, 2.75) is 40.2 Å². The van der Waals surface area contributed by atoms with Crippen LogP contribution in [0, 0.1) is 12.8 Å². The van der Waals surface area contributed by atoms with Gasteiger partial charge < -0.3 is 9.52 Å². The van der Waals surface area contributed by atoms with Gasteiger partial charge in [-0.05, 0) is 12.8 Å². The van der Waals surface area contributed by atoms with Crippen molar-refractivity contribution in [3.63, 3.8) is 0 Å². The van der Waals surface area contributed by atoms with Crippen LogP contribution in [0.25, 0.3) is 0 Å². The number of hydrogen-bond donors (Lipinski definition) is 1. The van der Waals surface area contributed by atoms with E-state index in [1.807, 2.05) is 6.92 Å². The van der Waals surface area contributed by atoms with Gasteiger partial charge in [0.1, 0.15) is 18.1 Å². The Morgan fingerprint density at radius 1 is 1.40 bits per heavy atom. The van der Waals surface area contributed by atoms with E-state index in [-0.39, 0.29) is 18.0 Å². The second-order valence-electron chi connectivity index (χ2n) is 4.26. The summed E-state index contributed by atoms with van der Waals surface area (Å²) in [5.41, 5.74) is 0.584. The average molecular weight is 210 g/mol. The maximum Gasteiger partial charge on any atom is 0.188 e. The molecular formula is C12H18O3. The first-order chi connectivity index (χ1) is 6.97. The van der Waals surface area contributed by atoms with Crippen molar-refractivity contribution in [1.82, 2.24) is 0 Å². The normalized spacial score (nSPS) is 13.2. The molecule has 1 aromatic heterocycles. The quantitative estimate of drug-likeness (QED) is 0.832. The number of hydrogen-bond acceptors (Lipinski definition) is 3. The van der Waals surface area contributed by atoms with Crippen LogP contribution in [0.4, 0.5) is 0 Å². The van der Waals surface area contributed by atoms with E-state index >= 15 is 0 Å². The molecule has 1 rings (SSSR count). The Bertz CT molecular complexity index is 390. The van der Waals surface area contributed by atoms with Gasteiger partial charge in [0.15, 0.2) is 5.43 Å². The molecular weight excluding hydrogens is 192 g/mol. The first kappa shape index (κ1) is 12.0. The molecule has 84 valence electrons. The Hall–Kier alpha value is -1.09. The molecule has 0 aliphatic rings. The molecule has 0 bridgehead atoms. The highest BCUT2D eigenvalue weighted by molar-refractivity contribution is 5.21. The summed E-state index contributed by atoms with van der Waals surface area (Å²) >= 11 is 0. The molecule has 0 saturated heterocycles. The number of aliphatic hydroxyl groups is 1. The van der Waals surface area contributed by atoms with Gasteiger partial charge in [0.2, 0.25) is 0 Å². The fourth-order valence-corrected chi connectivity index (χ4v) is 1.44. The van der Waals surface area contributed by atoms with E-state index in [2.05, 4.69) is 13.8 Å². The first-order valence-corrected chi connectivity index (χ1v) is 5.21. The van der Waals surface area contributed by atoms with Crippen molar-refractivity contribution in [2.24, 2.45) is 5.92 Å². The number of aliphatic hydroxyl groups excluding tert-OH is 1. The van der Waals surface area contributed by atoms with Gasteiger partial charge in [-0.15, -0.1) is 0 Å². The molecule has 1 heterocycles. The van der Waals surface area contributed by atoms with Crippen LogP contribution in [0.15, 0.2) is 15.3 Å². The summed E-state index contributed by atoms with van der Waals surface area (Å²) in [5, 5.41) is 8.97. The first-order valence-electron chi connectivity index (χ1n) is 5.21. The minimum absolute atomic E-state index is 0.0622. The molecule has 0 fully saturated rings. The Balaban J connectivity index is 3.27. The summed E-state index contributed by atoms with van der Waals surface area (Å²) in [7, 11) is 0. The molecule has 0 amide bonds. The highest BCUT2D eigenvalue weighted by Crippen LogP contribution is 2.25. The van der Waals surface area contributed by atoms with Crippen molar-refractivity contribution in [2.75, 3.05) is 0 Å². The van der Waals surface area contributed by atoms with Crippen LogP contribution in [0.5, 0.6) is 0 Å². The lowest BCUT2D eigenvalue weighted by Gasteiger charge is -2.17. The van der Waals surface area contributed by atoms with Gasteiger partial charge in [-0.2, -0.15) is 0 Å². The van der Waals surface area contributed by atoms with Crippen LogP contribution in [-0.2, 0) is 6.61 Å². The van der Waals surface area contributed by atoms with Crippen LogP contribution >= 0.6 is 0 Å². The van der Waals surface area contributed by atoms with Gasteiger partial charge in [0.05, 0.1) is 0 Å². The van der Waals surface area contributed by atoms with Crippen molar-refractivity contribution < 1.29 is 9.52 Å². The van der Waals surface area contributed by atoms with Gasteiger partial charge in [0.25, 0.3) is 0 Å². The molecule has 1 N–H and O–H groups in total. The minimum Gasteiger partial charge on any atom is -0.463 e. The molecule has 1 atom stereocenters. The van der Waals surface area contributed by atoms with Crippen molar-refractivity contribution in [1.29, 1.82) is 0 Å². The van der Waals surface area contributed by atoms with Gasteiger partial charge in [-0.3, -0.25) is 4.79 Å². The van der Waals surface area contributed by atoms with Crippen LogP contribution in [-0.4, -0.2) is 5.11 Å². The smallest absolute Gasteiger partial charge is 0.188 e. The second kappa shape index (κ2) is 4.62. The molecule has 0 saturated carbocycles. The molecule has 1 unspecified atom stereocenters. The largest absolute Gasteiger partial charge is 0.463 e. The maximum atomic E-state index is 11.6. The Kier molecular flexibility index (Phi) is 3.69. The summed E-state index contributed by atoms with van der Waals surface area (Å²) in [6, 6.07) is 1.35. The van der Waals surface area contributed by atoms with Gasteiger partial charge in [-0.1, -0.05) is 20.8 Å². The zero-order chi connectivity index (χ0) is 11.6. The standard InChI is InChI=1S/C12H18O3/c1-7(2)8(3)12-9(4)11(14)5-10(6-13)15-12/h5,7-8,13H,6H2,1-4H3. The maximum absolute atomic E-state index is 11.6. The topological polar surface area (TPSA) is 50.4 Å². The van der Waals surface area contributed by atoms with Gasteiger partial charge in [-0.25, -0.2) is 0 Å². The van der Waals surface area contributed by atoms with Crippen molar-refractivity contribution in [3.05, 3.63) is 33.4 Å². The Morgan fingerprint density at radius 3 is 2.47 bits per heavy atom. The molecule has 3 heteroatoms. The van der Waals surface area contributed by atoms with Crippen molar-refractivity contribution in [3.8, 4) is 0 Å². The second-order valence-corrected chi connectivity index (χ2v) is 4.26. The average Bonchev–Trinajstić information content (AvgIpc) is 2.20. The molecule has 0 spiro atoms. The van der Waals surface area contributed by atoms with Crippen LogP contribution in [0.2, 0.25) is 0 Å². The lowest BCUT2D eigenvalue weighted by molar-refractivity contribution is 0.233. The molecule has 15 heavy (non-hydrogen) atoms. The van der Waals surface area contributed by atoms with Crippen molar-refractivity contribution >= 4 is 0 Å². The monoisotopic (exact) mass is 210 g/mol. The number of rotatable bonds is 3. The predicted molar refractivity (Wildman–Crippen MR) is 58.9 cm³/mol. The van der Waals surface area contributed by atoms with Gasteiger partial charge >= 0.3 is 0 Å². The molecule has 0 radical (unpaired) electrons. The zero-order valence-electron chi connectivity index (χ0n) is 9.70. The highest BCUT2D eigenvalue weighted by atomic mass is 16.4. The predicted octanol–water partition coefficient (Wildman–Crippen LogP) is 2.20. The lowest BCUT2D eigenvalue weighted by Crippen LogP contribution is -2.13. The third-order valence-electron chi connectivity index (χ3n) is 2.84. The van der Waals surface area contributed by atoms with E-state index in [9.17, 15) is 4.79 Å². The summed E-state index contributed by atoms with van der Waals surface area (Å²) in [6.07, 6.45) is 0. The van der Waals surface area contributed by atoms with Crippen LogP contribution in [0.3, 0.4) is 0 Å². The third kappa shape index (κ3) is 2.48. The van der Waals surface area contributed by atoms with E-state index in [0.29, 0.717) is 23.0 Å². The highest BCUT2D eigenvalue weighted by Gasteiger charge is 2.17. The molecule has 3 nitrogen and oxygen atoms in total. The van der Waals surface area contributed by atoms with E-state index in [1.54, 1.807) is 6.92 Å². The van der Waals surface area contributed by atoms with E-state index in [4.69, 9.17) is 9.52 Å². The van der Waals surface area contributed by atoms with E-state index in [0.717, 1.165) is 0 Å². The van der Waals surface area contributed by atoms with Gasteiger partial charge in [0, 0.05) is 17.5 Å². The van der Waals surface area contributed by atoms with E-state index in [1.165, 1.54) is 6.07 Å².